The molecule has 4 saturated carbocycles. The fraction of sp³-hybridized carbons (Fsp3) is 0.797. The van der Waals surface area contributed by atoms with Gasteiger partial charge in [0.1, 0.15) is 5.75 Å². The monoisotopic (exact) mass is 928 g/mol. The predicted molar refractivity (Wildman–Crippen MR) is 295 cm³/mol. The highest BCUT2D eigenvalue weighted by atomic mass is 16.3. The molecule has 9 atom stereocenters. The second kappa shape index (κ2) is 35.7. The van der Waals surface area contributed by atoms with E-state index in [0.29, 0.717) is 30.1 Å². The number of aliphatic hydroxyl groups is 1. The summed E-state index contributed by atoms with van der Waals surface area (Å²) in [5, 5.41) is 26.9. The van der Waals surface area contributed by atoms with E-state index in [2.05, 4.69) is 153 Å². The number of hydrogen-bond donors (Lipinski definition) is 2. The number of nitriles is 1. The molecular formula is C64H113NO2. The summed E-state index contributed by atoms with van der Waals surface area (Å²) in [6, 6.07) is 20.7. The van der Waals surface area contributed by atoms with Gasteiger partial charge in [-0.05, 0) is 163 Å². The van der Waals surface area contributed by atoms with Gasteiger partial charge in [0.2, 0.25) is 0 Å². The largest absolute Gasteiger partial charge is 0.508 e. The van der Waals surface area contributed by atoms with Crippen molar-refractivity contribution in [2.45, 2.75) is 238 Å². The molecule has 386 valence electrons. The predicted octanol–water partition coefficient (Wildman–Crippen LogP) is 19.7. The van der Waals surface area contributed by atoms with Crippen LogP contribution in [0.5, 0.6) is 5.75 Å². The minimum atomic E-state index is 0.372. The Morgan fingerprint density at radius 2 is 1.03 bits per heavy atom. The van der Waals surface area contributed by atoms with E-state index in [1.165, 1.54) is 107 Å². The lowest BCUT2D eigenvalue weighted by atomic mass is 9.79. The Labute approximate surface area is 418 Å². The molecule has 0 amide bonds. The van der Waals surface area contributed by atoms with Crippen molar-refractivity contribution in [1.29, 1.82) is 5.26 Å². The summed E-state index contributed by atoms with van der Waals surface area (Å²) in [5.41, 5.74) is 2.73. The van der Waals surface area contributed by atoms with Crippen molar-refractivity contribution in [3.8, 4) is 11.8 Å². The Hall–Kier alpha value is -2.31. The van der Waals surface area contributed by atoms with Crippen molar-refractivity contribution >= 4 is 0 Å². The highest BCUT2D eigenvalue weighted by Gasteiger charge is 2.30. The molecule has 6 rings (SSSR count). The third kappa shape index (κ3) is 23.9. The van der Waals surface area contributed by atoms with E-state index in [1.54, 1.807) is 6.07 Å². The number of benzene rings is 2. The smallest absolute Gasteiger partial charge is 0.115 e. The lowest BCUT2D eigenvalue weighted by Crippen LogP contribution is -2.17. The van der Waals surface area contributed by atoms with Crippen molar-refractivity contribution in [1.82, 2.24) is 0 Å². The van der Waals surface area contributed by atoms with E-state index in [1.807, 2.05) is 12.1 Å². The van der Waals surface area contributed by atoms with E-state index in [-0.39, 0.29) is 0 Å². The normalized spacial score (nSPS) is 23.8. The Morgan fingerprint density at radius 3 is 1.40 bits per heavy atom. The van der Waals surface area contributed by atoms with Crippen LogP contribution in [0.1, 0.15) is 249 Å². The molecule has 0 saturated heterocycles. The molecule has 0 aromatic heterocycles. The van der Waals surface area contributed by atoms with Gasteiger partial charge >= 0.3 is 0 Å². The molecule has 4 fully saturated rings. The van der Waals surface area contributed by atoms with Gasteiger partial charge in [-0.3, -0.25) is 0 Å². The van der Waals surface area contributed by atoms with Crippen molar-refractivity contribution in [2.24, 2.45) is 82.9 Å². The maximum atomic E-state index is 9.34. The first-order valence-electron chi connectivity index (χ1n) is 28.7. The van der Waals surface area contributed by atoms with Gasteiger partial charge < -0.3 is 10.2 Å². The summed E-state index contributed by atoms with van der Waals surface area (Å²) in [4.78, 5) is 0. The van der Waals surface area contributed by atoms with Crippen molar-refractivity contribution in [3.05, 3.63) is 65.7 Å². The van der Waals surface area contributed by atoms with E-state index in [4.69, 9.17) is 10.4 Å². The Morgan fingerprint density at radius 1 is 0.552 bits per heavy atom. The van der Waals surface area contributed by atoms with Crippen LogP contribution >= 0.6 is 0 Å². The molecule has 4 aliphatic rings. The van der Waals surface area contributed by atoms with Crippen LogP contribution in [-0.4, -0.2) is 16.8 Å². The van der Waals surface area contributed by atoms with Gasteiger partial charge in [0.05, 0.1) is 6.07 Å². The minimum absolute atomic E-state index is 0.372. The molecule has 9 unspecified atom stereocenters. The molecular weight excluding hydrogens is 815 g/mol. The average molecular weight is 929 g/mol. The summed E-state index contributed by atoms with van der Waals surface area (Å²) in [6.45, 7) is 37.2. The molecule has 0 aliphatic heterocycles. The third-order valence-electron chi connectivity index (χ3n) is 17.2. The zero-order valence-corrected chi connectivity index (χ0v) is 47.2. The van der Waals surface area contributed by atoms with Gasteiger partial charge in [0.15, 0.2) is 0 Å². The molecule has 2 aromatic carbocycles. The highest BCUT2D eigenvalue weighted by Crippen LogP contribution is 2.40. The Balaban J connectivity index is 0.000000404. The molecule has 2 aromatic rings. The summed E-state index contributed by atoms with van der Waals surface area (Å²) < 4.78 is 0. The lowest BCUT2D eigenvalue weighted by Gasteiger charge is -2.26. The van der Waals surface area contributed by atoms with Crippen molar-refractivity contribution in [3.63, 3.8) is 0 Å². The fourth-order valence-corrected chi connectivity index (χ4v) is 13.2. The standard InChI is InChI=1S/C12H21N.C12H18O.C12H18.C10H20.C9H18O.C9H18/c1-10(2)12(8-5-9-13)11-6-3-4-7-11;1-4-12(9(2)3)10-6-5-7-11(13)8-10;1-4-12(10(2)3)11-8-6-5-7-9-11;1-4-9-6-5-7-10(9)8(2)3;1-7(2)9-5-3-4-8(9)6-10;1-7(2)9-6-4-5-8(9)3/h10-12H,3-8H2,1-2H3;5-9,12-13H,4H2,1-3H3;5-10,12H,4H2,1-3H3;8-10H,4-7H2,1-3H3;7-10H,3-6H2,1-2H3;7-9H,4-6H2,1-3H3. The summed E-state index contributed by atoms with van der Waals surface area (Å²) in [6.07, 6.45) is 24.1. The first-order valence-corrected chi connectivity index (χ1v) is 28.7. The molecule has 2 N–H and O–H groups in total. The quantitative estimate of drug-likeness (QED) is 0.187. The topological polar surface area (TPSA) is 64.2 Å². The molecule has 0 radical (unpaired) electrons. The number of phenolic OH excluding ortho intramolecular Hbond substituents is 1. The summed E-state index contributed by atoms with van der Waals surface area (Å²) in [5.74, 6) is 13.7. The maximum Gasteiger partial charge on any atom is 0.115 e. The van der Waals surface area contributed by atoms with Gasteiger partial charge in [0, 0.05) is 13.0 Å². The van der Waals surface area contributed by atoms with Gasteiger partial charge in [-0.25, -0.2) is 0 Å². The highest BCUT2D eigenvalue weighted by molar-refractivity contribution is 5.30. The molecule has 0 spiro atoms. The van der Waals surface area contributed by atoms with Crippen LogP contribution in [0.4, 0.5) is 0 Å². The Bertz CT molecular complexity index is 1470. The molecule has 4 aliphatic carbocycles. The SMILES string of the molecule is CC(C)C(CCC#N)C1CCCC1.CC(C)C1CCCC1C.CC(C)C1CCCC1CO.CCC(c1cccc(O)c1)C(C)C.CCC(c1ccccc1)C(C)C.CCC1CCCC1C(C)C. The minimum Gasteiger partial charge on any atom is -0.508 e. The number of nitrogens with zero attached hydrogens (tertiary/aromatic N) is 1. The first-order chi connectivity index (χ1) is 31.9. The third-order valence-corrected chi connectivity index (χ3v) is 17.2. The van der Waals surface area contributed by atoms with Crippen LogP contribution in [-0.2, 0) is 0 Å². The molecule has 3 heteroatoms. The van der Waals surface area contributed by atoms with Gasteiger partial charge in [-0.15, -0.1) is 0 Å². The van der Waals surface area contributed by atoms with Gasteiger partial charge in [-0.1, -0.05) is 217 Å². The second-order valence-corrected chi connectivity index (χ2v) is 23.8. The van der Waals surface area contributed by atoms with E-state index < -0.39 is 0 Å². The van der Waals surface area contributed by atoms with Crippen LogP contribution < -0.4 is 0 Å². The number of phenols is 1. The van der Waals surface area contributed by atoms with E-state index in [0.717, 1.165) is 96.2 Å². The maximum absolute atomic E-state index is 9.34. The fourth-order valence-electron chi connectivity index (χ4n) is 13.2. The van der Waals surface area contributed by atoms with E-state index >= 15 is 0 Å². The number of rotatable bonds is 15. The van der Waals surface area contributed by atoms with Crippen LogP contribution in [0.2, 0.25) is 0 Å². The molecule has 0 bridgehead atoms. The van der Waals surface area contributed by atoms with Crippen LogP contribution in [0.25, 0.3) is 0 Å². The molecule has 67 heavy (non-hydrogen) atoms. The van der Waals surface area contributed by atoms with Crippen LogP contribution in [0.15, 0.2) is 54.6 Å². The zero-order valence-electron chi connectivity index (χ0n) is 47.2. The van der Waals surface area contributed by atoms with Crippen molar-refractivity contribution in [2.75, 3.05) is 6.61 Å². The summed E-state index contributed by atoms with van der Waals surface area (Å²) in [7, 11) is 0. The first kappa shape index (κ1) is 62.7. The van der Waals surface area contributed by atoms with Crippen LogP contribution in [0, 0.1) is 94.2 Å². The molecule has 0 heterocycles. The summed E-state index contributed by atoms with van der Waals surface area (Å²) >= 11 is 0. The number of aliphatic hydroxyl groups excluding tert-OH is 1. The van der Waals surface area contributed by atoms with Gasteiger partial charge in [0.25, 0.3) is 0 Å². The lowest BCUT2D eigenvalue weighted by molar-refractivity contribution is 0.170. The second-order valence-electron chi connectivity index (χ2n) is 23.8. The van der Waals surface area contributed by atoms with Crippen molar-refractivity contribution < 1.29 is 10.2 Å². The van der Waals surface area contributed by atoms with E-state index in [9.17, 15) is 5.11 Å². The van der Waals surface area contributed by atoms with Gasteiger partial charge in [-0.2, -0.15) is 5.26 Å². The molecule has 3 nitrogen and oxygen atoms in total. The zero-order chi connectivity index (χ0) is 50.5. The average Bonchev–Trinajstić information content (AvgIpc) is 4.14. The Kier molecular flexibility index (Phi) is 33.4. The number of aromatic hydroxyl groups is 1. The van der Waals surface area contributed by atoms with Crippen LogP contribution in [0.3, 0.4) is 0 Å². The number of hydrogen-bond acceptors (Lipinski definition) is 3.